The van der Waals surface area contributed by atoms with Crippen LogP contribution in [0.4, 0.5) is 11.4 Å². The highest BCUT2D eigenvalue weighted by Gasteiger charge is 2.27. The highest BCUT2D eigenvalue weighted by molar-refractivity contribution is 7.92. The predicted octanol–water partition coefficient (Wildman–Crippen LogP) is 5.37. The Balaban J connectivity index is 1.36. The lowest BCUT2D eigenvalue weighted by Crippen LogP contribution is -2.39. The summed E-state index contributed by atoms with van der Waals surface area (Å²) in [5.41, 5.74) is 3.73. The van der Waals surface area contributed by atoms with Gasteiger partial charge in [0.15, 0.2) is 6.61 Å². The van der Waals surface area contributed by atoms with Crippen LogP contribution in [0.3, 0.4) is 0 Å². The van der Waals surface area contributed by atoms with Crippen molar-refractivity contribution in [2.45, 2.75) is 4.90 Å². The van der Waals surface area contributed by atoms with Gasteiger partial charge in [-0.15, -0.1) is 0 Å². The summed E-state index contributed by atoms with van der Waals surface area (Å²) >= 11 is 12.0. The van der Waals surface area contributed by atoms with E-state index in [2.05, 4.69) is 15.8 Å². The van der Waals surface area contributed by atoms with Crippen LogP contribution in [-0.4, -0.2) is 46.7 Å². The Labute approximate surface area is 258 Å². The number of ether oxygens (including phenoxy) is 2. The Morgan fingerprint density at radius 2 is 1.51 bits per heavy atom. The van der Waals surface area contributed by atoms with Crippen molar-refractivity contribution in [3.63, 3.8) is 0 Å². The number of hydrogen-bond acceptors (Lipinski definition) is 7. The molecule has 0 aromatic heterocycles. The molecule has 10 nitrogen and oxygen atoms in total. The number of benzene rings is 4. The topological polar surface area (TPSA) is 126 Å². The van der Waals surface area contributed by atoms with Gasteiger partial charge < -0.3 is 14.8 Å². The standard InChI is InChI=1S/C30H26Cl2N4O6S/c1-41-26-12-14-28(15-13-26)43(39,40)36(25-7-3-5-23(32)17-25)19-29(37)35-33-18-21-8-10-27(11-9-21)42-20-30(38)34-24-6-2-4-22(31)16-24/h2-18H,19-20H2,1H3,(H,34,38)(H,35,37)/b33-18-. The van der Waals surface area contributed by atoms with Crippen molar-refractivity contribution in [2.75, 3.05) is 29.9 Å². The molecule has 4 rings (SSSR count). The molecule has 0 radical (unpaired) electrons. The summed E-state index contributed by atoms with van der Waals surface area (Å²) in [6.07, 6.45) is 1.38. The molecule has 0 spiro atoms. The number of hydrogen-bond donors (Lipinski definition) is 2. The van der Waals surface area contributed by atoms with Gasteiger partial charge in [-0.2, -0.15) is 5.10 Å². The van der Waals surface area contributed by atoms with Gasteiger partial charge in [0.1, 0.15) is 18.0 Å². The van der Waals surface area contributed by atoms with E-state index in [-0.39, 0.29) is 23.1 Å². The molecule has 4 aromatic rings. The third-order valence-corrected chi connectivity index (χ3v) is 8.05. The zero-order valence-corrected chi connectivity index (χ0v) is 25.1. The maximum atomic E-state index is 13.5. The Hall–Kier alpha value is -4.58. The molecule has 2 amide bonds. The molecule has 0 heterocycles. The number of anilines is 2. The maximum Gasteiger partial charge on any atom is 0.264 e. The summed E-state index contributed by atoms with van der Waals surface area (Å²) in [5.74, 6) is -0.0991. The van der Waals surface area contributed by atoms with E-state index in [1.165, 1.54) is 49.7 Å². The number of halogens is 2. The molecule has 13 heteroatoms. The molecule has 0 aliphatic rings. The maximum absolute atomic E-state index is 13.5. The van der Waals surface area contributed by atoms with Crippen molar-refractivity contribution < 1.29 is 27.5 Å². The molecular formula is C30H26Cl2N4O6S. The van der Waals surface area contributed by atoms with Crippen molar-refractivity contribution in [1.82, 2.24) is 5.43 Å². The van der Waals surface area contributed by atoms with E-state index in [0.717, 1.165) is 4.31 Å². The van der Waals surface area contributed by atoms with Gasteiger partial charge in [-0.05, 0) is 90.5 Å². The summed E-state index contributed by atoms with van der Waals surface area (Å²) in [6.45, 7) is -0.769. The van der Waals surface area contributed by atoms with Crippen LogP contribution >= 0.6 is 23.2 Å². The monoisotopic (exact) mass is 640 g/mol. The molecule has 0 saturated heterocycles. The average molecular weight is 642 g/mol. The normalized spacial score (nSPS) is 11.1. The van der Waals surface area contributed by atoms with Crippen LogP contribution in [0, 0.1) is 0 Å². The number of methoxy groups -OCH3 is 1. The minimum atomic E-state index is -4.15. The number of hydrazone groups is 1. The molecule has 222 valence electrons. The molecule has 4 aromatic carbocycles. The lowest BCUT2D eigenvalue weighted by Gasteiger charge is -2.24. The Morgan fingerprint density at radius 3 is 2.16 bits per heavy atom. The van der Waals surface area contributed by atoms with Crippen LogP contribution in [0.5, 0.6) is 11.5 Å². The van der Waals surface area contributed by atoms with Gasteiger partial charge in [0.2, 0.25) is 0 Å². The second-order valence-electron chi connectivity index (χ2n) is 8.88. The average Bonchev–Trinajstić information content (AvgIpc) is 2.99. The van der Waals surface area contributed by atoms with Crippen LogP contribution in [0.1, 0.15) is 5.56 Å². The molecule has 0 fully saturated rings. The number of carbonyl (C=O) groups is 2. The van der Waals surface area contributed by atoms with Crippen LogP contribution in [0.2, 0.25) is 10.0 Å². The minimum absolute atomic E-state index is 0.0335. The van der Waals surface area contributed by atoms with Crippen molar-refractivity contribution in [2.24, 2.45) is 5.10 Å². The van der Waals surface area contributed by atoms with Gasteiger partial charge in [-0.25, -0.2) is 13.8 Å². The lowest BCUT2D eigenvalue weighted by atomic mass is 10.2. The summed E-state index contributed by atoms with van der Waals surface area (Å²) in [5, 5.41) is 7.44. The van der Waals surface area contributed by atoms with Crippen molar-refractivity contribution in [3.8, 4) is 11.5 Å². The van der Waals surface area contributed by atoms with E-state index < -0.39 is 22.5 Å². The Bertz CT molecular complexity index is 1720. The Kier molecular flexibility index (Phi) is 10.6. The predicted molar refractivity (Wildman–Crippen MR) is 167 cm³/mol. The van der Waals surface area contributed by atoms with Crippen molar-refractivity contribution in [1.29, 1.82) is 0 Å². The molecule has 0 bridgehead atoms. The summed E-state index contributed by atoms with van der Waals surface area (Å²) < 4.78 is 38.5. The lowest BCUT2D eigenvalue weighted by molar-refractivity contribution is -0.119. The molecule has 0 aliphatic carbocycles. The minimum Gasteiger partial charge on any atom is -0.497 e. The molecule has 43 heavy (non-hydrogen) atoms. The van der Waals surface area contributed by atoms with E-state index in [4.69, 9.17) is 32.7 Å². The number of sulfonamides is 1. The second kappa shape index (κ2) is 14.5. The third-order valence-electron chi connectivity index (χ3n) is 5.79. The highest BCUT2D eigenvalue weighted by atomic mass is 35.5. The van der Waals surface area contributed by atoms with Gasteiger partial charge >= 0.3 is 0 Å². The number of rotatable bonds is 12. The van der Waals surface area contributed by atoms with Crippen molar-refractivity contribution in [3.05, 3.63) is 113 Å². The summed E-state index contributed by atoms with van der Waals surface area (Å²) in [7, 11) is -2.67. The zero-order chi connectivity index (χ0) is 30.8. The van der Waals surface area contributed by atoms with Gasteiger partial charge in [0, 0.05) is 15.7 Å². The van der Waals surface area contributed by atoms with Crippen molar-refractivity contribution >= 4 is 62.6 Å². The molecule has 0 unspecified atom stereocenters. The van der Waals surface area contributed by atoms with E-state index in [0.29, 0.717) is 32.8 Å². The first kappa shape index (κ1) is 31.4. The largest absolute Gasteiger partial charge is 0.497 e. The first-order valence-electron chi connectivity index (χ1n) is 12.7. The summed E-state index contributed by atoms with van der Waals surface area (Å²) in [6, 6.07) is 25.4. The van der Waals surface area contributed by atoms with Gasteiger partial charge in [-0.1, -0.05) is 35.3 Å². The SMILES string of the molecule is COc1ccc(S(=O)(=O)N(CC(=O)N/N=C\c2ccc(OCC(=O)Nc3cccc(Cl)c3)cc2)c2cccc(Cl)c2)cc1. The third kappa shape index (κ3) is 8.95. The van der Waals surface area contributed by atoms with Crippen LogP contribution < -0.4 is 24.5 Å². The van der Waals surface area contributed by atoms with E-state index in [1.807, 2.05) is 0 Å². The van der Waals surface area contributed by atoms with Crippen LogP contribution in [-0.2, 0) is 19.6 Å². The van der Waals surface area contributed by atoms with Gasteiger partial charge in [-0.3, -0.25) is 13.9 Å². The first-order chi connectivity index (χ1) is 20.6. The van der Waals surface area contributed by atoms with E-state index in [9.17, 15) is 18.0 Å². The van der Waals surface area contributed by atoms with E-state index >= 15 is 0 Å². The second-order valence-corrected chi connectivity index (χ2v) is 11.6. The molecule has 2 N–H and O–H groups in total. The molecule has 0 saturated carbocycles. The zero-order valence-electron chi connectivity index (χ0n) is 22.7. The summed E-state index contributed by atoms with van der Waals surface area (Å²) in [4.78, 5) is 24.9. The molecule has 0 atom stereocenters. The first-order valence-corrected chi connectivity index (χ1v) is 14.9. The van der Waals surface area contributed by atoms with Crippen LogP contribution in [0.15, 0.2) is 107 Å². The fourth-order valence-electron chi connectivity index (χ4n) is 3.73. The fraction of sp³-hybridized carbons (Fsp3) is 0.100. The smallest absolute Gasteiger partial charge is 0.264 e. The Morgan fingerprint density at radius 1 is 0.860 bits per heavy atom. The van der Waals surface area contributed by atoms with Gasteiger partial charge in [0.05, 0.1) is 23.9 Å². The number of nitrogens with zero attached hydrogens (tertiary/aromatic N) is 2. The number of nitrogens with one attached hydrogen (secondary N) is 2. The van der Waals surface area contributed by atoms with Crippen LogP contribution in [0.25, 0.3) is 0 Å². The molecular weight excluding hydrogens is 615 g/mol. The van der Waals surface area contributed by atoms with E-state index in [1.54, 1.807) is 60.7 Å². The quantitative estimate of drug-likeness (QED) is 0.158. The number of carbonyl (C=O) groups excluding carboxylic acids is 2. The molecule has 0 aliphatic heterocycles. The number of amides is 2. The highest BCUT2D eigenvalue weighted by Crippen LogP contribution is 2.27. The van der Waals surface area contributed by atoms with Gasteiger partial charge in [0.25, 0.3) is 21.8 Å². The fourth-order valence-corrected chi connectivity index (χ4v) is 5.52.